The van der Waals surface area contributed by atoms with E-state index in [0.29, 0.717) is 19.4 Å². The van der Waals surface area contributed by atoms with Crippen LogP contribution < -0.4 is 10.6 Å². The van der Waals surface area contributed by atoms with Crippen molar-refractivity contribution >= 4 is 18.0 Å². The molecule has 5 rings (SSSR count). The Morgan fingerprint density at radius 1 is 0.971 bits per heavy atom. The first-order valence-electron chi connectivity index (χ1n) is 12.1. The molecule has 0 radical (unpaired) electrons. The molecule has 2 amide bonds. The minimum Gasteiger partial charge on any atom is -0.481 e. The molecule has 178 valence electrons. The molecule has 2 aromatic carbocycles. The number of hydrogen-bond donors (Lipinski definition) is 3. The Balaban J connectivity index is 1.14. The van der Waals surface area contributed by atoms with Crippen LogP contribution in [0.2, 0.25) is 0 Å². The second kappa shape index (κ2) is 9.12. The van der Waals surface area contributed by atoms with Crippen LogP contribution in [0.1, 0.15) is 55.6 Å². The summed E-state index contributed by atoms with van der Waals surface area (Å²) in [6.45, 7) is 0.632. The second-order valence-corrected chi connectivity index (χ2v) is 9.84. The number of benzene rings is 2. The molecule has 0 saturated heterocycles. The molecule has 0 aromatic heterocycles. The average molecular weight is 463 g/mol. The lowest BCUT2D eigenvalue weighted by Gasteiger charge is -2.23. The summed E-state index contributed by atoms with van der Waals surface area (Å²) in [4.78, 5) is 36.4. The minimum absolute atomic E-state index is 0.00660. The fraction of sp³-hybridized carbons (Fsp3) is 0.444. The lowest BCUT2D eigenvalue weighted by Crippen LogP contribution is -2.44. The first kappa shape index (κ1) is 22.4. The molecular weight excluding hydrogens is 432 g/mol. The van der Waals surface area contributed by atoms with Gasteiger partial charge < -0.3 is 20.5 Å². The van der Waals surface area contributed by atoms with E-state index in [9.17, 15) is 14.4 Å². The molecular formula is C27H30N2O5. The van der Waals surface area contributed by atoms with Crippen molar-refractivity contribution in [3.8, 4) is 11.1 Å². The number of carbonyl (C=O) groups excluding carboxylic acids is 2. The molecule has 3 aliphatic carbocycles. The number of amides is 2. The first-order chi connectivity index (χ1) is 16.5. The molecule has 0 unspecified atom stereocenters. The highest BCUT2D eigenvalue weighted by Crippen LogP contribution is 2.44. The van der Waals surface area contributed by atoms with E-state index in [-0.39, 0.29) is 36.7 Å². The summed E-state index contributed by atoms with van der Waals surface area (Å²) >= 11 is 0. The maximum Gasteiger partial charge on any atom is 0.407 e. The van der Waals surface area contributed by atoms with E-state index in [0.717, 1.165) is 19.3 Å². The van der Waals surface area contributed by atoms with Gasteiger partial charge in [-0.1, -0.05) is 55.0 Å². The maximum absolute atomic E-state index is 12.8. The van der Waals surface area contributed by atoms with Crippen LogP contribution in [0.5, 0.6) is 0 Å². The van der Waals surface area contributed by atoms with Gasteiger partial charge in [0.2, 0.25) is 5.91 Å². The lowest BCUT2D eigenvalue weighted by atomic mass is 9.94. The van der Waals surface area contributed by atoms with Gasteiger partial charge in [0, 0.05) is 18.4 Å². The van der Waals surface area contributed by atoms with Crippen molar-refractivity contribution in [2.45, 2.75) is 50.0 Å². The molecule has 0 heterocycles. The zero-order valence-corrected chi connectivity index (χ0v) is 19.1. The van der Waals surface area contributed by atoms with Crippen molar-refractivity contribution in [2.75, 3.05) is 13.2 Å². The number of carbonyl (C=O) groups is 3. The third-order valence-corrected chi connectivity index (χ3v) is 7.58. The number of hydrogen-bond acceptors (Lipinski definition) is 4. The smallest absolute Gasteiger partial charge is 0.407 e. The van der Waals surface area contributed by atoms with Crippen molar-refractivity contribution in [1.29, 1.82) is 0 Å². The highest BCUT2D eigenvalue weighted by molar-refractivity contribution is 5.82. The van der Waals surface area contributed by atoms with Gasteiger partial charge in [0.05, 0.1) is 12.0 Å². The van der Waals surface area contributed by atoms with Gasteiger partial charge >= 0.3 is 12.1 Å². The van der Waals surface area contributed by atoms with Crippen LogP contribution in [0.15, 0.2) is 48.5 Å². The molecule has 2 saturated carbocycles. The predicted molar refractivity (Wildman–Crippen MR) is 126 cm³/mol. The topological polar surface area (TPSA) is 105 Å². The van der Waals surface area contributed by atoms with Gasteiger partial charge in [-0.25, -0.2) is 4.79 Å². The number of carboxylic acids is 1. The van der Waals surface area contributed by atoms with Gasteiger partial charge in [-0.2, -0.15) is 0 Å². The first-order valence-corrected chi connectivity index (χ1v) is 12.1. The number of alkyl carbamates (subject to hydrolysis) is 1. The Bertz CT molecular complexity index is 1060. The highest BCUT2D eigenvalue weighted by Gasteiger charge is 2.47. The summed E-state index contributed by atoms with van der Waals surface area (Å²) in [5.41, 5.74) is 4.13. The molecule has 2 atom stereocenters. The Kier molecular flexibility index (Phi) is 6.02. The summed E-state index contributed by atoms with van der Waals surface area (Å²) in [6, 6.07) is 16.4. The van der Waals surface area contributed by atoms with E-state index in [1.54, 1.807) is 0 Å². The van der Waals surface area contributed by atoms with Crippen molar-refractivity contribution in [3.63, 3.8) is 0 Å². The van der Waals surface area contributed by atoms with E-state index < -0.39 is 17.6 Å². The maximum atomic E-state index is 12.8. The molecule has 0 spiro atoms. The molecule has 0 bridgehead atoms. The quantitative estimate of drug-likeness (QED) is 0.549. The summed E-state index contributed by atoms with van der Waals surface area (Å²) in [5, 5.41) is 14.9. The van der Waals surface area contributed by atoms with Crippen molar-refractivity contribution in [3.05, 3.63) is 59.7 Å². The average Bonchev–Trinajstić information content (AvgIpc) is 3.27. The predicted octanol–water partition coefficient (Wildman–Crippen LogP) is 4.06. The van der Waals surface area contributed by atoms with Crippen LogP contribution in [0.25, 0.3) is 11.1 Å². The van der Waals surface area contributed by atoms with Gasteiger partial charge in [-0.05, 0) is 53.9 Å². The van der Waals surface area contributed by atoms with Crippen LogP contribution in [0, 0.1) is 11.8 Å². The SMILES string of the molecule is O=C(O)CC1(NC(=O)[C@H]2CCC[C@H]2CNC(=O)OCC2c3ccccc3-c3ccccc32)CC1. The third-order valence-electron chi connectivity index (χ3n) is 7.58. The Hall–Kier alpha value is -3.35. The Labute approximate surface area is 198 Å². The number of nitrogens with one attached hydrogen (secondary N) is 2. The number of rotatable bonds is 8. The van der Waals surface area contributed by atoms with Crippen LogP contribution in [-0.4, -0.2) is 41.8 Å². The van der Waals surface area contributed by atoms with Gasteiger partial charge in [0.1, 0.15) is 6.61 Å². The molecule has 0 aliphatic heterocycles. The van der Waals surface area contributed by atoms with Gasteiger partial charge in [-0.3, -0.25) is 9.59 Å². The third kappa shape index (κ3) is 4.52. The lowest BCUT2D eigenvalue weighted by molar-refractivity contribution is -0.138. The molecule has 3 aliphatic rings. The fourth-order valence-corrected chi connectivity index (χ4v) is 5.63. The van der Waals surface area contributed by atoms with Crippen LogP contribution >= 0.6 is 0 Å². The van der Waals surface area contributed by atoms with E-state index in [4.69, 9.17) is 9.84 Å². The molecule has 34 heavy (non-hydrogen) atoms. The second-order valence-electron chi connectivity index (χ2n) is 9.84. The standard InChI is InChI=1S/C27H30N2O5/c30-24(31)14-27(12-13-27)29-25(32)18-11-5-6-17(18)15-28-26(33)34-16-23-21-9-3-1-7-19(21)20-8-2-4-10-22(20)23/h1-4,7-10,17-18,23H,5-6,11-16H2,(H,28,33)(H,29,32)(H,30,31)/t17-,18-/m0/s1. The Morgan fingerprint density at radius 3 is 2.24 bits per heavy atom. The zero-order valence-electron chi connectivity index (χ0n) is 19.1. The molecule has 3 N–H and O–H groups in total. The van der Waals surface area contributed by atoms with Crippen LogP contribution in [0.4, 0.5) is 4.79 Å². The largest absolute Gasteiger partial charge is 0.481 e. The monoisotopic (exact) mass is 462 g/mol. The normalized spacial score (nSPS) is 21.9. The summed E-state index contributed by atoms with van der Waals surface area (Å²) in [7, 11) is 0. The van der Waals surface area contributed by atoms with Crippen molar-refractivity contribution < 1.29 is 24.2 Å². The van der Waals surface area contributed by atoms with E-state index in [1.807, 2.05) is 24.3 Å². The molecule has 7 nitrogen and oxygen atoms in total. The zero-order chi connectivity index (χ0) is 23.7. The Morgan fingerprint density at radius 2 is 1.62 bits per heavy atom. The number of ether oxygens (including phenoxy) is 1. The fourth-order valence-electron chi connectivity index (χ4n) is 5.63. The number of fused-ring (bicyclic) bond motifs is 3. The summed E-state index contributed by atoms with van der Waals surface area (Å²) in [6.07, 6.45) is 3.44. The summed E-state index contributed by atoms with van der Waals surface area (Å²) in [5.74, 6) is -1.15. The van der Waals surface area contributed by atoms with E-state index in [1.165, 1.54) is 22.3 Å². The van der Waals surface area contributed by atoms with Gasteiger partial charge in [-0.15, -0.1) is 0 Å². The number of carboxylic acid groups (broad SMARTS) is 1. The van der Waals surface area contributed by atoms with E-state index in [2.05, 4.69) is 34.9 Å². The highest BCUT2D eigenvalue weighted by atomic mass is 16.5. The molecule has 2 aromatic rings. The van der Waals surface area contributed by atoms with Gasteiger partial charge in [0.25, 0.3) is 0 Å². The number of aliphatic carboxylic acids is 1. The van der Waals surface area contributed by atoms with Crippen LogP contribution in [-0.2, 0) is 14.3 Å². The summed E-state index contributed by atoms with van der Waals surface area (Å²) < 4.78 is 5.61. The minimum atomic E-state index is -0.891. The van der Waals surface area contributed by atoms with Crippen molar-refractivity contribution in [2.24, 2.45) is 11.8 Å². The van der Waals surface area contributed by atoms with E-state index >= 15 is 0 Å². The molecule has 7 heteroatoms. The van der Waals surface area contributed by atoms with Gasteiger partial charge in [0.15, 0.2) is 0 Å². The van der Waals surface area contributed by atoms with Crippen LogP contribution in [0.3, 0.4) is 0 Å². The van der Waals surface area contributed by atoms with Crippen molar-refractivity contribution in [1.82, 2.24) is 10.6 Å². The molecule has 2 fully saturated rings.